The van der Waals surface area contributed by atoms with Crippen molar-refractivity contribution in [3.8, 4) is 17.4 Å². The summed E-state index contributed by atoms with van der Waals surface area (Å²) in [5.41, 5.74) is 3.22. The van der Waals surface area contributed by atoms with E-state index in [1.54, 1.807) is 37.8 Å². The molecule has 0 aliphatic heterocycles. The van der Waals surface area contributed by atoms with E-state index in [0.29, 0.717) is 35.6 Å². The summed E-state index contributed by atoms with van der Waals surface area (Å²) in [4.78, 5) is 10.7. The number of aromatic amines is 1. The number of ether oxygens (including phenoxy) is 3. The van der Waals surface area contributed by atoms with Crippen LogP contribution in [0.1, 0.15) is 5.69 Å². The van der Waals surface area contributed by atoms with Crippen LogP contribution in [-0.2, 0) is 4.74 Å². The summed E-state index contributed by atoms with van der Waals surface area (Å²) in [7, 11) is 3.71. The molecule has 3 heterocycles. The van der Waals surface area contributed by atoms with Gasteiger partial charge in [-0.2, -0.15) is 0 Å². The van der Waals surface area contributed by atoms with Gasteiger partial charge in [0.05, 0.1) is 46.8 Å². The number of nitrogens with zero attached hydrogens (tertiary/aromatic N) is 4. The third-order valence-electron chi connectivity index (χ3n) is 5.15. The van der Waals surface area contributed by atoms with Crippen molar-refractivity contribution in [3.05, 3.63) is 59.6 Å². The van der Waals surface area contributed by atoms with Crippen molar-refractivity contribution in [2.75, 3.05) is 45.8 Å². The standard InChI is InChI=1S/C24H27ClN6O3/c1-16-4-6-18(13-27-16)34-22-7-5-17(12-19(22)25)28-20-14-26-15-21-23(20)24(30-29-21)33-11-9-31(2)8-10-32-3/h4-7,12-15,28H,8-11H2,1-3H3,(H,29,30). The minimum Gasteiger partial charge on any atom is -0.475 e. The zero-order valence-corrected chi connectivity index (χ0v) is 20.1. The summed E-state index contributed by atoms with van der Waals surface area (Å²) in [5.74, 6) is 1.67. The lowest BCUT2D eigenvalue weighted by Crippen LogP contribution is -2.27. The quantitative estimate of drug-likeness (QED) is 0.314. The van der Waals surface area contributed by atoms with Crippen LogP contribution in [0.25, 0.3) is 10.9 Å². The van der Waals surface area contributed by atoms with Crippen LogP contribution in [0.2, 0.25) is 5.02 Å². The van der Waals surface area contributed by atoms with Crippen molar-refractivity contribution in [2.24, 2.45) is 0 Å². The molecule has 0 saturated heterocycles. The number of hydrogen-bond donors (Lipinski definition) is 2. The van der Waals surface area contributed by atoms with Crippen molar-refractivity contribution in [1.29, 1.82) is 0 Å². The fraction of sp³-hybridized carbons (Fsp3) is 0.292. The molecule has 0 radical (unpaired) electrons. The molecule has 0 fully saturated rings. The summed E-state index contributed by atoms with van der Waals surface area (Å²) < 4.78 is 16.9. The molecule has 0 aliphatic carbocycles. The first-order valence-corrected chi connectivity index (χ1v) is 11.2. The van der Waals surface area contributed by atoms with Crippen LogP contribution in [0, 0.1) is 6.92 Å². The molecule has 4 rings (SSSR count). The molecule has 0 atom stereocenters. The number of benzene rings is 1. The van der Waals surface area contributed by atoms with E-state index in [2.05, 4.69) is 30.4 Å². The molecule has 2 N–H and O–H groups in total. The number of aromatic nitrogens is 4. The highest BCUT2D eigenvalue weighted by atomic mass is 35.5. The average Bonchev–Trinajstić information content (AvgIpc) is 3.25. The monoisotopic (exact) mass is 482 g/mol. The van der Waals surface area contributed by atoms with Crippen LogP contribution in [0.15, 0.2) is 48.9 Å². The van der Waals surface area contributed by atoms with Crippen molar-refractivity contribution in [3.63, 3.8) is 0 Å². The predicted molar refractivity (Wildman–Crippen MR) is 133 cm³/mol. The molecule has 4 aromatic rings. The first-order chi connectivity index (χ1) is 16.5. The van der Waals surface area contributed by atoms with Gasteiger partial charge in [-0.25, -0.2) is 0 Å². The molecule has 0 unspecified atom stereocenters. The summed E-state index contributed by atoms with van der Waals surface area (Å²) in [6.07, 6.45) is 5.11. The number of methoxy groups -OCH3 is 1. The van der Waals surface area contributed by atoms with Crippen LogP contribution in [0.4, 0.5) is 11.4 Å². The minimum atomic E-state index is 0.466. The Morgan fingerprint density at radius 1 is 1.09 bits per heavy atom. The molecule has 0 bridgehead atoms. The Kier molecular flexibility index (Phi) is 7.79. The Labute approximate surface area is 203 Å². The SMILES string of the molecule is COCCN(C)CCOc1n[nH]c2cncc(Nc3ccc(Oc4ccc(C)nc4)c(Cl)c3)c12. The van der Waals surface area contributed by atoms with Crippen molar-refractivity contribution in [2.45, 2.75) is 6.92 Å². The third kappa shape index (κ3) is 5.93. The van der Waals surface area contributed by atoms with E-state index in [1.807, 2.05) is 32.2 Å². The highest BCUT2D eigenvalue weighted by Gasteiger charge is 2.14. The third-order valence-corrected chi connectivity index (χ3v) is 5.44. The van der Waals surface area contributed by atoms with Gasteiger partial charge in [-0.3, -0.25) is 15.1 Å². The number of likely N-dealkylation sites (N-methyl/N-ethyl adjacent to an activating group) is 1. The summed E-state index contributed by atoms with van der Waals surface area (Å²) >= 11 is 6.48. The Balaban J connectivity index is 1.47. The molecule has 3 aromatic heterocycles. The second-order valence-electron chi connectivity index (χ2n) is 7.79. The zero-order chi connectivity index (χ0) is 23.9. The molecule has 9 nitrogen and oxygen atoms in total. The first kappa shape index (κ1) is 23.7. The topological polar surface area (TPSA) is 97.4 Å². The lowest BCUT2D eigenvalue weighted by atomic mass is 10.2. The van der Waals surface area contributed by atoms with Gasteiger partial charge in [-0.05, 0) is 44.3 Å². The van der Waals surface area contributed by atoms with Crippen LogP contribution in [-0.4, -0.2) is 65.5 Å². The number of hydrogen-bond acceptors (Lipinski definition) is 8. The van der Waals surface area contributed by atoms with E-state index in [0.717, 1.165) is 41.1 Å². The highest BCUT2D eigenvalue weighted by molar-refractivity contribution is 6.32. The molecule has 34 heavy (non-hydrogen) atoms. The summed E-state index contributed by atoms with van der Waals surface area (Å²) in [6.45, 7) is 4.67. The number of pyridine rings is 2. The molecule has 10 heteroatoms. The normalized spacial score (nSPS) is 11.2. The number of rotatable bonds is 11. The fourth-order valence-corrected chi connectivity index (χ4v) is 3.48. The van der Waals surface area contributed by atoms with Gasteiger partial charge in [-0.15, -0.1) is 5.10 Å². The van der Waals surface area contributed by atoms with Gasteiger partial charge >= 0.3 is 0 Å². The Morgan fingerprint density at radius 2 is 1.94 bits per heavy atom. The lowest BCUT2D eigenvalue weighted by molar-refractivity contribution is 0.149. The van der Waals surface area contributed by atoms with Crippen LogP contribution < -0.4 is 14.8 Å². The van der Waals surface area contributed by atoms with E-state index >= 15 is 0 Å². The second kappa shape index (κ2) is 11.1. The van der Waals surface area contributed by atoms with Crippen molar-refractivity contribution < 1.29 is 14.2 Å². The number of anilines is 2. The molecule has 178 valence electrons. The molecular weight excluding hydrogens is 456 g/mol. The lowest BCUT2D eigenvalue weighted by Gasteiger charge is -2.16. The molecule has 1 aromatic carbocycles. The van der Waals surface area contributed by atoms with E-state index in [1.165, 1.54) is 0 Å². The predicted octanol–water partition coefficient (Wildman–Crippen LogP) is 4.81. The number of aryl methyl sites for hydroxylation is 1. The van der Waals surface area contributed by atoms with E-state index in [-0.39, 0.29) is 0 Å². The Hall–Kier alpha value is -3.40. The molecule has 0 amide bonds. The number of halogens is 1. The minimum absolute atomic E-state index is 0.466. The van der Waals surface area contributed by atoms with E-state index in [9.17, 15) is 0 Å². The number of H-pyrrole nitrogens is 1. The van der Waals surface area contributed by atoms with Gasteiger partial charge in [0.1, 0.15) is 18.1 Å². The van der Waals surface area contributed by atoms with Crippen LogP contribution >= 0.6 is 11.6 Å². The first-order valence-electron chi connectivity index (χ1n) is 10.8. The van der Waals surface area contributed by atoms with Gasteiger partial charge in [0.25, 0.3) is 0 Å². The number of nitrogens with one attached hydrogen (secondary N) is 2. The molecule has 0 saturated carbocycles. The van der Waals surface area contributed by atoms with Crippen LogP contribution in [0.3, 0.4) is 0 Å². The molecule has 0 aliphatic rings. The summed E-state index contributed by atoms with van der Waals surface area (Å²) in [6, 6.07) is 9.22. The number of fused-ring (bicyclic) bond motifs is 1. The second-order valence-corrected chi connectivity index (χ2v) is 8.20. The summed E-state index contributed by atoms with van der Waals surface area (Å²) in [5, 5.41) is 11.9. The smallest absolute Gasteiger partial charge is 0.242 e. The largest absolute Gasteiger partial charge is 0.475 e. The Bertz CT molecular complexity index is 1230. The van der Waals surface area contributed by atoms with Gasteiger partial charge in [0, 0.05) is 31.6 Å². The highest BCUT2D eigenvalue weighted by Crippen LogP contribution is 2.35. The maximum atomic E-state index is 6.48. The van der Waals surface area contributed by atoms with Gasteiger partial charge in [0.15, 0.2) is 0 Å². The van der Waals surface area contributed by atoms with Crippen molar-refractivity contribution in [1.82, 2.24) is 25.1 Å². The van der Waals surface area contributed by atoms with Gasteiger partial charge in [-0.1, -0.05) is 11.6 Å². The average molecular weight is 483 g/mol. The maximum Gasteiger partial charge on any atom is 0.242 e. The fourth-order valence-electron chi connectivity index (χ4n) is 3.26. The van der Waals surface area contributed by atoms with Crippen molar-refractivity contribution >= 4 is 33.9 Å². The van der Waals surface area contributed by atoms with Gasteiger partial charge < -0.3 is 24.4 Å². The molecule has 0 spiro atoms. The molecular formula is C24H27ClN6O3. The van der Waals surface area contributed by atoms with E-state index in [4.69, 9.17) is 25.8 Å². The van der Waals surface area contributed by atoms with E-state index < -0.39 is 0 Å². The van der Waals surface area contributed by atoms with Crippen LogP contribution in [0.5, 0.6) is 17.4 Å². The maximum absolute atomic E-state index is 6.48. The Morgan fingerprint density at radius 3 is 2.71 bits per heavy atom. The van der Waals surface area contributed by atoms with Gasteiger partial charge in [0.2, 0.25) is 5.88 Å². The zero-order valence-electron chi connectivity index (χ0n) is 19.3.